The van der Waals surface area contributed by atoms with Gasteiger partial charge in [-0.2, -0.15) is 0 Å². The van der Waals surface area contributed by atoms with E-state index >= 15 is 0 Å². The van der Waals surface area contributed by atoms with Gasteiger partial charge in [0.15, 0.2) is 0 Å². The molecule has 1 aromatic rings. The number of hydrogen-bond acceptors (Lipinski definition) is 4. The summed E-state index contributed by atoms with van der Waals surface area (Å²) < 4.78 is 5.89. The molecule has 6 nitrogen and oxygen atoms in total. The maximum atomic E-state index is 12.8. The molecule has 0 aliphatic carbocycles. The molecule has 1 unspecified atom stereocenters. The molecule has 0 bridgehead atoms. The largest absolute Gasteiger partial charge is 0.464 e. The lowest BCUT2D eigenvalue weighted by molar-refractivity contribution is -0.155. The van der Waals surface area contributed by atoms with Gasteiger partial charge in [0, 0.05) is 32.7 Å². The number of nitrogens with zero attached hydrogens (tertiary/aromatic N) is 3. The molecule has 0 aromatic heterocycles. The van der Waals surface area contributed by atoms with E-state index in [2.05, 4.69) is 36.1 Å². The van der Waals surface area contributed by atoms with Gasteiger partial charge in [0.25, 0.3) is 0 Å². The van der Waals surface area contributed by atoms with Crippen LogP contribution < -0.4 is 0 Å². The highest BCUT2D eigenvalue weighted by molar-refractivity contribution is 5.76. The minimum atomic E-state index is -0.115. The fourth-order valence-corrected chi connectivity index (χ4v) is 5.23. The summed E-state index contributed by atoms with van der Waals surface area (Å²) in [5, 5.41) is 0. The van der Waals surface area contributed by atoms with Gasteiger partial charge in [-0.05, 0) is 57.6 Å². The van der Waals surface area contributed by atoms with E-state index in [1.807, 2.05) is 15.9 Å². The van der Waals surface area contributed by atoms with Gasteiger partial charge < -0.3 is 14.5 Å². The van der Waals surface area contributed by atoms with E-state index < -0.39 is 0 Å². The highest BCUT2D eigenvalue weighted by Crippen LogP contribution is 2.31. The molecule has 4 rings (SSSR count). The number of urea groups is 1. The van der Waals surface area contributed by atoms with Crippen LogP contribution in [0.15, 0.2) is 30.3 Å². The smallest absolute Gasteiger partial charge is 0.319 e. The predicted molar refractivity (Wildman–Crippen MR) is 121 cm³/mol. The van der Waals surface area contributed by atoms with Gasteiger partial charge >= 0.3 is 12.0 Å². The minimum absolute atomic E-state index is 0.0836. The number of carbonyl (C=O) groups excluding carboxylic acids is 2. The van der Waals surface area contributed by atoms with Crippen molar-refractivity contribution in [1.29, 1.82) is 0 Å². The first-order valence-electron chi connectivity index (χ1n) is 12.0. The second kappa shape index (κ2) is 10.0. The number of hydrogen-bond donors (Lipinski definition) is 0. The first kappa shape index (κ1) is 22.1. The molecule has 6 heteroatoms. The Kier molecular flexibility index (Phi) is 7.16. The summed E-state index contributed by atoms with van der Waals surface area (Å²) in [5.74, 6) is -0.169. The summed E-state index contributed by atoms with van der Waals surface area (Å²) in [7, 11) is 0. The summed E-state index contributed by atoms with van der Waals surface area (Å²) >= 11 is 0. The van der Waals surface area contributed by atoms with Crippen LogP contribution in [-0.4, -0.2) is 71.6 Å². The van der Waals surface area contributed by atoms with Crippen LogP contribution in [0.4, 0.5) is 4.79 Å². The molecular weight excluding hydrogens is 390 g/mol. The Morgan fingerprint density at radius 3 is 2.29 bits per heavy atom. The van der Waals surface area contributed by atoms with Crippen LogP contribution in [0.2, 0.25) is 0 Å². The van der Waals surface area contributed by atoms with Crippen LogP contribution in [0.5, 0.6) is 0 Å². The summed E-state index contributed by atoms with van der Waals surface area (Å²) in [6.07, 6.45) is 7.06. The molecule has 170 valence electrons. The van der Waals surface area contributed by atoms with E-state index in [-0.39, 0.29) is 23.5 Å². The third-order valence-electron chi connectivity index (χ3n) is 7.37. The molecular formula is C25H37N3O3. The minimum Gasteiger partial charge on any atom is -0.464 e. The van der Waals surface area contributed by atoms with Crippen molar-refractivity contribution >= 4 is 12.0 Å². The van der Waals surface area contributed by atoms with E-state index in [1.54, 1.807) is 0 Å². The standard InChI is InChI=1S/C25H37N3O3/c1-25(13-5-6-16-28(25)19-21-9-3-2-4-10-21)20-31-23(29)22-11-17-27(18-12-22)24(30)26-14-7-8-15-26/h2-4,9-10,22H,5-8,11-20H2,1H3. The van der Waals surface area contributed by atoms with Crippen LogP contribution in [-0.2, 0) is 16.1 Å². The first-order chi connectivity index (χ1) is 15.0. The van der Waals surface area contributed by atoms with Crippen molar-refractivity contribution in [2.75, 3.05) is 39.3 Å². The van der Waals surface area contributed by atoms with Crippen molar-refractivity contribution in [2.45, 2.75) is 64.0 Å². The second-order valence-corrected chi connectivity index (χ2v) is 9.71. The fourth-order valence-electron chi connectivity index (χ4n) is 5.23. The van der Waals surface area contributed by atoms with Crippen molar-refractivity contribution in [3.63, 3.8) is 0 Å². The zero-order valence-electron chi connectivity index (χ0n) is 18.9. The van der Waals surface area contributed by atoms with Gasteiger partial charge in [0.1, 0.15) is 6.61 Å². The lowest BCUT2D eigenvalue weighted by atomic mass is 9.88. The molecule has 0 spiro atoms. The van der Waals surface area contributed by atoms with E-state index in [1.165, 1.54) is 18.4 Å². The van der Waals surface area contributed by atoms with E-state index in [4.69, 9.17) is 4.74 Å². The summed E-state index contributed by atoms with van der Waals surface area (Å²) in [6.45, 7) is 7.69. The molecule has 0 saturated carbocycles. The van der Waals surface area contributed by atoms with E-state index in [0.29, 0.717) is 32.5 Å². The number of rotatable bonds is 5. The highest BCUT2D eigenvalue weighted by Gasteiger charge is 2.37. The molecule has 3 fully saturated rings. The van der Waals surface area contributed by atoms with Crippen molar-refractivity contribution in [2.24, 2.45) is 5.92 Å². The van der Waals surface area contributed by atoms with Crippen LogP contribution in [0.25, 0.3) is 0 Å². The molecule has 2 amide bonds. The Hall–Kier alpha value is -2.08. The number of esters is 1. The van der Waals surface area contributed by atoms with Crippen LogP contribution in [0.1, 0.15) is 57.4 Å². The zero-order chi connectivity index (χ0) is 21.7. The van der Waals surface area contributed by atoms with Crippen molar-refractivity contribution in [1.82, 2.24) is 14.7 Å². The lowest BCUT2D eigenvalue weighted by Gasteiger charge is -2.44. The number of carbonyl (C=O) groups is 2. The Balaban J connectivity index is 1.26. The number of amides is 2. The lowest BCUT2D eigenvalue weighted by Crippen LogP contribution is -2.53. The van der Waals surface area contributed by atoms with Gasteiger partial charge in [0.05, 0.1) is 11.5 Å². The highest BCUT2D eigenvalue weighted by atomic mass is 16.5. The monoisotopic (exact) mass is 427 g/mol. The zero-order valence-corrected chi connectivity index (χ0v) is 18.9. The van der Waals surface area contributed by atoms with Crippen LogP contribution in [0, 0.1) is 5.92 Å². The molecule has 3 heterocycles. The number of likely N-dealkylation sites (tertiary alicyclic amines) is 3. The normalized spacial score (nSPS) is 25.6. The molecule has 3 saturated heterocycles. The molecule has 0 radical (unpaired) electrons. The van der Waals surface area contributed by atoms with Gasteiger partial charge in [-0.15, -0.1) is 0 Å². The maximum Gasteiger partial charge on any atom is 0.319 e. The molecule has 3 aliphatic heterocycles. The summed E-state index contributed by atoms with van der Waals surface area (Å²) in [5.41, 5.74) is 1.19. The van der Waals surface area contributed by atoms with Crippen LogP contribution in [0.3, 0.4) is 0 Å². The van der Waals surface area contributed by atoms with Crippen molar-refractivity contribution in [3.05, 3.63) is 35.9 Å². The number of ether oxygens (including phenoxy) is 1. The first-order valence-corrected chi connectivity index (χ1v) is 12.0. The molecule has 31 heavy (non-hydrogen) atoms. The Labute approximate surface area is 186 Å². The second-order valence-electron chi connectivity index (χ2n) is 9.71. The topological polar surface area (TPSA) is 53.1 Å². The number of benzene rings is 1. The Morgan fingerprint density at radius 2 is 1.58 bits per heavy atom. The molecule has 1 aromatic carbocycles. The molecule has 0 N–H and O–H groups in total. The fraction of sp³-hybridized carbons (Fsp3) is 0.680. The quantitative estimate of drug-likeness (QED) is 0.669. The third-order valence-corrected chi connectivity index (χ3v) is 7.37. The van der Waals surface area contributed by atoms with Crippen LogP contribution >= 0.6 is 0 Å². The SMILES string of the molecule is CC1(COC(=O)C2CCN(C(=O)N3CCCC3)CC2)CCCCN1Cc1ccccc1. The molecule has 1 atom stereocenters. The predicted octanol–water partition coefficient (Wildman–Crippen LogP) is 3.90. The third kappa shape index (κ3) is 5.40. The van der Waals surface area contributed by atoms with Gasteiger partial charge in [0.2, 0.25) is 0 Å². The van der Waals surface area contributed by atoms with Crippen molar-refractivity contribution < 1.29 is 14.3 Å². The summed E-state index contributed by atoms with van der Waals surface area (Å²) in [6, 6.07) is 10.7. The average Bonchev–Trinajstić information content (AvgIpc) is 3.35. The molecule has 3 aliphatic rings. The van der Waals surface area contributed by atoms with Gasteiger partial charge in [-0.25, -0.2) is 4.79 Å². The summed E-state index contributed by atoms with van der Waals surface area (Å²) in [4.78, 5) is 31.7. The Bertz CT molecular complexity index is 742. The maximum absolute atomic E-state index is 12.8. The van der Waals surface area contributed by atoms with E-state index in [0.717, 1.165) is 45.4 Å². The van der Waals surface area contributed by atoms with Gasteiger partial charge in [-0.1, -0.05) is 36.8 Å². The Morgan fingerprint density at radius 1 is 0.935 bits per heavy atom. The van der Waals surface area contributed by atoms with Gasteiger partial charge in [-0.3, -0.25) is 9.69 Å². The number of piperidine rings is 2. The van der Waals surface area contributed by atoms with E-state index in [9.17, 15) is 9.59 Å². The average molecular weight is 428 g/mol. The van der Waals surface area contributed by atoms with Crippen molar-refractivity contribution in [3.8, 4) is 0 Å².